The van der Waals surface area contributed by atoms with Gasteiger partial charge in [-0.05, 0) is 60.3 Å². The van der Waals surface area contributed by atoms with E-state index < -0.39 is 0 Å². The largest absolute Gasteiger partial charge is 0.512 e. The van der Waals surface area contributed by atoms with Crippen molar-refractivity contribution in [2.75, 3.05) is 0 Å². The molecule has 5 heteroatoms. The molecule has 0 aliphatic heterocycles. The van der Waals surface area contributed by atoms with Crippen molar-refractivity contribution in [3.05, 3.63) is 108 Å². The molecule has 1 aliphatic rings. The fraction of sp³-hybridized carbons (Fsp3) is 0.161. The number of rotatable bonds is 2. The van der Waals surface area contributed by atoms with Crippen LogP contribution in [-0.2, 0) is 30.3 Å². The summed E-state index contributed by atoms with van der Waals surface area (Å²) < 4.78 is 2.37. The molecule has 36 heavy (non-hydrogen) atoms. The third-order valence-electron chi connectivity index (χ3n) is 6.57. The van der Waals surface area contributed by atoms with E-state index in [1.165, 1.54) is 58.5 Å². The normalized spacial score (nSPS) is 13.4. The third kappa shape index (κ3) is 4.19. The fourth-order valence-electron chi connectivity index (χ4n) is 5.16. The second-order valence-electron chi connectivity index (χ2n) is 9.40. The smallest absolute Gasteiger partial charge is 0.155 e. The number of carbonyl (C=O) groups excluding carboxylic acids is 1. The molecule has 5 aromatic rings. The van der Waals surface area contributed by atoms with Crippen LogP contribution in [0.5, 0.6) is 0 Å². The molecular formula is C31H27IrN2O2-. The summed E-state index contributed by atoms with van der Waals surface area (Å²) in [7, 11) is 0. The first-order valence-electron chi connectivity index (χ1n) is 11.7. The molecule has 4 nitrogen and oxygen atoms in total. The van der Waals surface area contributed by atoms with Crippen LogP contribution in [0.3, 0.4) is 0 Å². The zero-order chi connectivity index (χ0) is 24.7. The SMILES string of the molecule is CC(=O)/C=C(/C)O.CC1(C)c2cccnc2-c2[c-]ccc3c2c2c1cccc2n3-c1ccccc1.[Ir]. The van der Waals surface area contributed by atoms with Gasteiger partial charge >= 0.3 is 0 Å². The number of allylic oxidation sites excluding steroid dienone is 2. The van der Waals surface area contributed by atoms with Crippen LogP contribution in [-0.4, -0.2) is 20.4 Å². The molecule has 0 saturated carbocycles. The van der Waals surface area contributed by atoms with Crippen molar-refractivity contribution in [3.63, 3.8) is 0 Å². The molecule has 0 spiro atoms. The van der Waals surface area contributed by atoms with E-state index in [2.05, 4.69) is 85.1 Å². The Balaban J connectivity index is 0.000000338. The number of aliphatic hydroxyl groups is 1. The average molecular weight is 652 g/mol. The number of carbonyl (C=O) groups is 1. The Hall–Kier alpha value is -3.53. The molecule has 6 rings (SSSR count). The maximum absolute atomic E-state index is 10.0. The Kier molecular flexibility index (Phi) is 6.99. The zero-order valence-electron chi connectivity index (χ0n) is 20.7. The number of aromatic nitrogens is 2. The maximum Gasteiger partial charge on any atom is 0.155 e. The van der Waals surface area contributed by atoms with Crippen molar-refractivity contribution >= 4 is 27.6 Å². The standard InChI is InChI=1S/C26H19N2.C5H8O2.Ir/c1-26(2)19-12-7-15-22-24(19)23-18(25-20(26)13-8-16-27-25)11-6-14-21(23)28(22)17-9-4-3-5-10-17;1-4(6)3-5(2)7;/h3-10,12-16H,1-2H3;3,6H,1-2H3;/q-1;;/b;4-3-;. The van der Waals surface area contributed by atoms with Crippen LogP contribution < -0.4 is 0 Å². The number of hydrogen-bond donors (Lipinski definition) is 1. The summed E-state index contributed by atoms with van der Waals surface area (Å²) in [5.41, 5.74) is 8.22. The van der Waals surface area contributed by atoms with Gasteiger partial charge in [-0.2, -0.15) is 0 Å². The van der Waals surface area contributed by atoms with Crippen LogP contribution in [0.4, 0.5) is 0 Å². The van der Waals surface area contributed by atoms with E-state index in [9.17, 15) is 4.79 Å². The van der Waals surface area contributed by atoms with E-state index in [0.717, 1.165) is 11.3 Å². The van der Waals surface area contributed by atoms with Gasteiger partial charge in [0.2, 0.25) is 0 Å². The molecule has 0 saturated heterocycles. The van der Waals surface area contributed by atoms with Crippen molar-refractivity contribution in [2.45, 2.75) is 33.1 Å². The average Bonchev–Trinajstić information content (AvgIpc) is 3.14. The predicted molar refractivity (Wildman–Crippen MR) is 142 cm³/mol. The van der Waals surface area contributed by atoms with E-state index in [1.807, 2.05) is 18.3 Å². The number of nitrogens with zero attached hydrogens (tertiary/aromatic N) is 2. The van der Waals surface area contributed by atoms with Crippen LogP contribution in [0, 0.1) is 6.07 Å². The van der Waals surface area contributed by atoms with E-state index in [4.69, 9.17) is 10.1 Å². The molecule has 1 aliphatic carbocycles. The van der Waals surface area contributed by atoms with Gasteiger partial charge in [0.25, 0.3) is 0 Å². The number of pyridine rings is 1. The summed E-state index contributed by atoms with van der Waals surface area (Å²) in [6, 6.07) is 29.3. The molecule has 0 atom stereocenters. The minimum absolute atomic E-state index is 0. The Morgan fingerprint density at radius 3 is 2.28 bits per heavy atom. The molecule has 3 aromatic carbocycles. The van der Waals surface area contributed by atoms with Gasteiger partial charge in [0.05, 0.1) is 5.76 Å². The van der Waals surface area contributed by atoms with Crippen LogP contribution in [0.2, 0.25) is 0 Å². The van der Waals surface area contributed by atoms with E-state index >= 15 is 0 Å². The summed E-state index contributed by atoms with van der Waals surface area (Å²) in [5, 5.41) is 10.9. The van der Waals surface area contributed by atoms with Crippen molar-refractivity contribution in [2.24, 2.45) is 0 Å². The summed E-state index contributed by atoms with van der Waals surface area (Å²) >= 11 is 0. The number of hydrogen-bond acceptors (Lipinski definition) is 3. The van der Waals surface area contributed by atoms with Crippen molar-refractivity contribution < 1.29 is 30.0 Å². The van der Waals surface area contributed by atoms with Gasteiger partial charge in [-0.15, -0.1) is 23.8 Å². The second kappa shape index (κ2) is 9.85. The molecule has 0 bridgehead atoms. The van der Waals surface area contributed by atoms with Crippen LogP contribution >= 0.6 is 0 Å². The van der Waals surface area contributed by atoms with Crippen LogP contribution in [0.1, 0.15) is 38.8 Å². The van der Waals surface area contributed by atoms with E-state index in [1.54, 1.807) is 0 Å². The number of ketones is 1. The quantitative estimate of drug-likeness (QED) is 0.124. The predicted octanol–water partition coefficient (Wildman–Crippen LogP) is 7.32. The first-order valence-corrected chi connectivity index (χ1v) is 11.7. The monoisotopic (exact) mass is 652 g/mol. The first-order chi connectivity index (χ1) is 16.8. The minimum Gasteiger partial charge on any atom is -0.512 e. The molecule has 183 valence electrons. The van der Waals surface area contributed by atoms with Gasteiger partial charge < -0.3 is 14.7 Å². The van der Waals surface area contributed by atoms with E-state index in [-0.39, 0.29) is 37.1 Å². The van der Waals surface area contributed by atoms with Gasteiger partial charge in [-0.1, -0.05) is 61.2 Å². The van der Waals surface area contributed by atoms with Crippen molar-refractivity contribution in [1.29, 1.82) is 0 Å². The summed E-state index contributed by atoms with van der Waals surface area (Å²) in [6.45, 7) is 7.46. The maximum atomic E-state index is 10.0. The van der Waals surface area contributed by atoms with Gasteiger partial charge in [-0.25, -0.2) is 0 Å². The number of benzene rings is 3. The summed E-state index contributed by atoms with van der Waals surface area (Å²) in [5.74, 6) is -0.0625. The molecule has 0 fully saturated rings. The molecule has 1 radical (unpaired) electrons. The summed E-state index contributed by atoms with van der Waals surface area (Å²) in [6.07, 6.45) is 3.06. The third-order valence-corrected chi connectivity index (χ3v) is 6.57. The van der Waals surface area contributed by atoms with Gasteiger partial charge in [-0.3, -0.25) is 4.79 Å². The zero-order valence-corrected chi connectivity index (χ0v) is 23.1. The van der Waals surface area contributed by atoms with Crippen LogP contribution in [0.15, 0.2) is 90.8 Å². The van der Waals surface area contributed by atoms with Crippen LogP contribution in [0.25, 0.3) is 38.8 Å². The van der Waals surface area contributed by atoms with Gasteiger partial charge in [0, 0.05) is 49.0 Å². The number of para-hydroxylation sites is 1. The number of fused-ring (bicyclic) bond motifs is 2. The molecule has 0 unspecified atom stereocenters. The van der Waals surface area contributed by atoms with Gasteiger partial charge in [0.15, 0.2) is 5.78 Å². The van der Waals surface area contributed by atoms with Crippen molar-refractivity contribution in [3.8, 4) is 16.9 Å². The topological polar surface area (TPSA) is 55.1 Å². The van der Waals surface area contributed by atoms with Gasteiger partial charge in [0.1, 0.15) is 0 Å². The fourth-order valence-corrected chi connectivity index (χ4v) is 5.16. The Labute approximate surface area is 224 Å². The van der Waals surface area contributed by atoms with Crippen molar-refractivity contribution in [1.82, 2.24) is 9.55 Å². The molecule has 1 N–H and O–H groups in total. The Morgan fingerprint density at radius 2 is 1.61 bits per heavy atom. The Bertz CT molecular complexity index is 1610. The molecule has 2 heterocycles. The van der Waals surface area contributed by atoms with E-state index in [0.29, 0.717) is 0 Å². The Morgan fingerprint density at radius 1 is 0.917 bits per heavy atom. The summed E-state index contributed by atoms with van der Waals surface area (Å²) in [4.78, 5) is 14.8. The second-order valence-corrected chi connectivity index (χ2v) is 9.40. The molecular weight excluding hydrogens is 625 g/mol. The molecule has 2 aromatic heterocycles. The molecule has 0 amide bonds. The minimum atomic E-state index is -0.147. The first kappa shape index (κ1) is 25.6. The number of aliphatic hydroxyl groups excluding tert-OH is 1.